The van der Waals surface area contributed by atoms with E-state index in [9.17, 15) is 0 Å². The van der Waals surface area contributed by atoms with Gasteiger partial charge in [-0.25, -0.2) is 0 Å². The molecule has 8 aromatic carbocycles. The molecule has 0 saturated carbocycles. The number of nitrogens with one attached hydrogen (secondary N) is 1. The number of dihydropyridines is 1. The molecule has 242 valence electrons. The molecule has 0 fully saturated rings. The fourth-order valence-corrected chi connectivity index (χ4v) is 9.18. The summed E-state index contributed by atoms with van der Waals surface area (Å²) < 4.78 is 4.89. The molecule has 0 unspecified atom stereocenters. The van der Waals surface area contributed by atoms with Crippen LogP contribution in [0.25, 0.3) is 98.9 Å². The van der Waals surface area contributed by atoms with Gasteiger partial charge in [0.05, 0.1) is 27.8 Å². The highest BCUT2D eigenvalue weighted by Gasteiger charge is 2.26. The molecule has 10 aromatic rings. The van der Waals surface area contributed by atoms with Crippen molar-refractivity contribution in [1.29, 1.82) is 0 Å². The van der Waals surface area contributed by atoms with Crippen molar-refractivity contribution >= 4 is 76.4 Å². The van der Waals surface area contributed by atoms with Crippen molar-refractivity contribution in [3.05, 3.63) is 181 Å². The lowest BCUT2D eigenvalue weighted by molar-refractivity contribution is 1.01. The number of hydrogen-bond donors (Lipinski definition) is 1. The van der Waals surface area contributed by atoms with Gasteiger partial charge < -0.3 is 14.5 Å². The molecule has 3 heterocycles. The second-order valence-corrected chi connectivity index (χ2v) is 14.1. The Morgan fingerprint density at radius 1 is 0.442 bits per heavy atom. The SMILES string of the molecule is C1=CC2=C(NC1)c1cccc3cc(-n4c5ccccc5c5cc(-c6ccc7c(c6)c6ccc8ccccc8c6n7-c6ccccc6)ccc54)cc2c13. The van der Waals surface area contributed by atoms with Crippen LogP contribution in [0.4, 0.5) is 0 Å². The molecule has 1 aliphatic heterocycles. The first kappa shape index (κ1) is 27.9. The van der Waals surface area contributed by atoms with Gasteiger partial charge in [-0.15, -0.1) is 0 Å². The summed E-state index contributed by atoms with van der Waals surface area (Å²) in [7, 11) is 0. The zero-order valence-corrected chi connectivity index (χ0v) is 28.3. The van der Waals surface area contributed by atoms with Crippen molar-refractivity contribution in [1.82, 2.24) is 14.5 Å². The molecular formula is C49H31N3. The predicted molar refractivity (Wildman–Crippen MR) is 220 cm³/mol. The van der Waals surface area contributed by atoms with Gasteiger partial charge >= 0.3 is 0 Å². The van der Waals surface area contributed by atoms with Crippen molar-refractivity contribution in [2.75, 3.05) is 6.54 Å². The molecule has 52 heavy (non-hydrogen) atoms. The predicted octanol–water partition coefficient (Wildman–Crippen LogP) is 12.2. The Morgan fingerprint density at radius 2 is 1.15 bits per heavy atom. The topological polar surface area (TPSA) is 21.9 Å². The minimum absolute atomic E-state index is 0.865. The van der Waals surface area contributed by atoms with Crippen LogP contribution in [0, 0.1) is 0 Å². The average molecular weight is 662 g/mol. The summed E-state index contributed by atoms with van der Waals surface area (Å²) in [4.78, 5) is 0. The summed E-state index contributed by atoms with van der Waals surface area (Å²) in [6.45, 7) is 0.865. The van der Waals surface area contributed by atoms with Crippen molar-refractivity contribution in [3.8, 4) is 22.5 Å². The highest BCUT2D eigenvalue weighted by atomic mass is 15.0. The van der Waals surface area contributed by atoms with Gasteiger partial charge in [0.2, 0.25) is 0 Å². The van der Waals surface area contributed by atoms with E-state index in [4.69, 9.17) is 0 Å². The quantitative estimate of drug-likeness (QED) is 0.200. The Bertz CT molecular complexity index is 3220. The van der Waals surface area contributed by atoms with Crippen LogP contribution in [0.5, 0.6) is 0 Å². The molecule has 0 amide bonds. The Kier molecular flexibility index (Phi) is 5.56. The largest absolute Gasteiger partial charge is 0.381 e. The fourth-order valence-electron chi connectivity index (χ4n) is 9.18. The normalized spacial score (nSPS) is 13.7. The summed E-state index contributed by atoms with van der Waals surface area (Å²) in [5.74, 6) is 0. The third-order valence-electron chi connectivity index (χ3n) is 11.4. The molecule has 1 N–H and O–H groups in total. The van der Waals surface area contributed by atoms with E-state index in [2.05, 4.69) is 184 Å². The number of para-hydroxylation sites is 2. The number of rotatable bonds is 3. The summed E-state index contributed by atoms with van der Waals surface area (Å²) in [5.41, 5.74) is 14.9. The second kappa shape index (κ2) is 10.3. The van der Waals surface area contributed by atoms with Gasteiger partial charge in [-0.2, -0.15) is 0 Å². The maximum absolute atomic E-state index is 3.65. The van der Waals surface area contributed by atoms with Crippen LogP contribution in [-0.4, -0.2) is 15.7 Å². The first-order valence-corrected chi connectivity index (χ1v) is 18.1. The van der Waals surface area contributed by atoms with E-state index in [1.807, 2.05) is 0 Å². The number of hydrogen-bond acceptors (Lipinski definition) is 1. The first-order chi connectivity index (χ1) is 25.8. The molecule has 2 aliphatic rings. The Morgan fingerprint density at radius 3 is 2.02 bits per heavy atom. The van der Waals surface area contributed by atoms with Crippen molar-refractivity contribution in [2.45, 2.75) is 0 Å². The molecule has 0 atom stereocenters. The molecule has 0 radical (unpaired) electrons. The number of nitrogens with zero attached hydrogens (tertiary/aromatic N) is 2. The first-order valence-electron chi connectivity index (χ1n) is 18.1. The Labute approximate surface area is 300 Å². The zero-order valence-electron chi connectivity index (χ0n) is 28.3. The van der Waals surface area contributed by atoms with E-state index in [-0.39, 0.29) is 0 Å². The molecular weight excluding hydrogens is 631 g/mol. The maximum atomic E-state index is 3.65. The van der Waals surface area contributed by atoms with Gasteiger partial charge in [-0.1, -0.05) is 115 Å². The molecule has 0 spiro atoms. The van der Waals surface area contributed by atoms with Gasteiger partial charge in [0, 0.05) is 56.0 Å². The van der Waals surface area contributed by atoms with E-state index < -0.39 is 0 Å². The Hall–Kier alpha value is -6.84. The highest BCUT2D eigenvalue weighted by Crippen LogP contribution is 2.45. The van der Waals surface area contributed by atoms with Gasteiger partial charge in [0.15, 0.2) is 0 Å². The minimum atomic E-state index is 0.865. The number of aromatic nitrogens is 2. The third-order valence-corrected chi connectivity index (χ3v) is 11.4. The molecule has 0 bridgehead atoms. The molecule has 12 rings (SSSR count). The summed E-state index contributed by atoms with van der Waals surface area (Å²) in [6.07, 6.45) is 4.52. The van der Waals surface area contributed by atoms with Crippen LogP contribution >= 0.6 is 0 Å². The molecule has 3 heteroatoms. The average Bonchev–Trinajstić information content (AvgIpc) is 3.84. The number of fused-ring (bicyclic) bond motifs is 10. The van der Waals surface area contributed by atoms with Gasteiger partial charge in [0.1, 0.15) is 0 Å². The molecule has 1 aliphatic carbocycles. The standard InChI is InChI=1S/C49H31N3/c1-2-12-34(13-3-1)52-46-24-21-32(28-42(46)39-22-19-30-10-4-5-14-36(30)49(39)52)31-20-23-45-41(27-31)37-15-6-7-18-44(37)51(45)35-26-33-11-8-16-40-47(33)43(29-35)38-17-9-25-50-48(38)40/h1-24,26-29,50H,25H2. The van der Waals surface area contributed by atoms with Gasteiger partial charge in [-0.3, -0.25) is 0 Å². The lowest BCUT2D eigenvalue weighted by Crippen LogP contribution is -2.14. The fraction of sp³-hybridized carbons (Fsp3) is 0.0204. The van der Waals surface area contributed by atoms with Crippen molar-refractivity contribution in [3.63, 3.8) is 0 Å². The lowest BCUT2D eigenvalue weighted by atomic mass is 9.99. The molecule has 2 aromatic heterocycles. The maximum Gasteiger partial charge on any atom is 0.0619 e. The van der Waals surface area contributed by atoms with Crippen molar-refractivity contribution < 1.29 is 0 Å². The lowest BCUT2D eigenvalue weighted by Gasteiger charge is -2.13. The number of benzene rings is 8. The van der Waals surface area contributed by atoms with Crippen LogP contribution in [-0.2, 0) is 0 Å². The van der Waals surface area contributed by atoms with Gasteiger partial charge in [0.25, 0.3) is 0 Å². The third kappa shape index (κ3) is 3.74. The number of allylic oxidation sites excluding steroid dienone is 2. The van der Waals surface area contributed by atoms with Crippen LogP contribution in [0.1, 0.15) is 11.1 Å². The van der Waals surface area contributed by atoms with Crippen LogP contribution in [0.2, 0.25) is 0 Å². The van der Waals surface area contributed by atoms with E-state index in [0.717, 1.165) is 6.54 Å². The van der Waals surface area contributed by atoms with Gasteiger partial charge in [-0.05, 0) is 87.4 Å². The van der Waals surface area contributed by atoms with Crippen LogP contribution in [0.15, 0.2) is 170 Å². The Balaban J connectivity index is 1.07. The zero-order chi connectivity index (χ0) is 33.9. The minimum Gasteiger partial charge on any atom is -0.381 e. The van der Waals surface area contributed by atoms with Crippen LogP contribution < -0.4 is 5.32 Å². The van der Waals surface area contributed by atoms with E-state index >= 15 is 0 Å². The summed E-state index contributed by atoms with van der Waals surface area (Å²) >= 11 is 0. The summed E-state index contributed by atoms with van der Waals surface area (Å²) in [6, 6.07) is 58.4. The van der Waals surface area contributed by atoms with E-state index in [0.29, 0.717) is 0 Å². The smallest absolute Gasteiger partial charge is 0.0619 e. The van der Waals surface area contributed by atoms with E-state index in [1.54, 1.807) is 0 Å². The van der Waals surface area contributed by atoms with Crippen LogP contribution in [0.3, 0.4) is 0 Å². The van der Waals surface area contributed by atoms with E-state index in [1.165, 1.54) is 110 Å². The van der Waals surface area contributed by atoms with Crippen molar-refractivity contribution in [2.24, 2.45) is 0 Å². The highest BCUT2D eigenvalue weighted by molar-refractivity contribution is 6.20. The molecule has 0 saturated heterocycles. The monoisotopic (exact) mass is 661 g/mol. The summed E-state index contributed by atoms with van der Waals surface area (Å²) in [5, 5.41) is 13.8. The molecule has 3 nitrogen and oxygen atoms in total. The second-order valence-electron chi connectivity index (χ2n) is 14.1.